The maximum absolute atomic E-state index is 5.52. The Kier molecular flexibility index (Phi) is 5.25. The van der Waals surface area contributed by atoms with E-state index in [9.17, 15) is 0 Å². The highest BCUT2D eigenvalue weighted by atomic mass is 16.5. The highest BCUT2D eigenvalue weighted by molar-refractivity contribution is 5.53. The number of likely N-dealkylation sites (N-methyl/N-ethyl adjacent to an activating group) is 1. The summed E-state index contributed by atoms with van der Waals surface area (Å²) in [5.74, 6) is 2.25. The fourth-order valence-corrected chi connectivity index (χ4v) is 3.75. The maximum atomic E-state index is 5.52. The van der Waals surface area contributed by atoms with Crippen molar-refractivity contribution in [3.63, 3.8) is 0 Å². The molecule has 5 heteroatoms. The van der Waals surface area contributed by atoms with Gasteiger partial charge in [-0.2, -0.15) is 0 Å². The molecule has 0 saturated carbocycles. The number of hydrogen-bond acceptors (Lipinski definition) is 5. The first-order valence-corrected chi connectivity index (χ1v) is 8.95. The molecule has 25 heavy (non-hydrogen) atoms. The van der Waals surface area contributed by atoms with Gasteiger partial charge >= 0.3 is 0 Å². The normalized spacial score (nSPS) is 23.9. The van der Waals surface area contributed by atoms with Crippen LogP contribution in [-0.4, -0.2) is 63.5 Å². The Hall–Kier alpha value is -1.72. The van der Waals surface area contributed by atoms with Gasteiger partial charge in [0.2, 0.25) is 0 Å². The van der Waals surface area contributed by atoms with Crippen LogP contribution in [-0.2, 0) is 11.2 Å². The van der Waals surface area contributed by atoms with Crippen molar-refractivity contribution in [3.05, 3.63) is 35.5 Å². The molecule has 0 amide bonds. The number of fused-ring (bicyclic) bond motifs is 1. The topological polar surface area (TPSA) is 34.2 Å². The van der Waals surface area contributed by atoms with Crippen LogP contribution in [0.25, 0.3) is 0 Å². The Labute approximate surface area is 151 Å². The van der Waals surface area contributed by atoms with Gasteiger partial charge < -0.3 is 24.0 Å². The third-order valence-electron chi connectivity index (χ3n) is 5.57. The third-order valence-corrected chi connectivity index (χ3v) is 5.57. The molecular weight excluding hydrogens is 316 g/mol. The zero-order valence-electron chi connectivity index (χ0n) is 16.0. The minimum Gasteiger partial charge on any atom is -0.493 e. The van der Waals surface area contributed by atoms with Gasteiger partial charge in [-0.3, -0.25) is 0 Å². The number of nitrogens with zero attached hydrogens (tertiary/aromatic N) is 2. The minimum absolute atomic E-state index is 0.207. The van der Waals surface area contributed by atoms with Crippen molar-refractivity contribution in [2.45, 2.75) is 31.4 Å². The molecule has 0 aromatic heterocycles. The average Bonchev–Trinajstić information content (AvgIpc) is 2.61. The van der Waals surface area contributed by atoms with Gasteiger partial charge in [0.15, 0.2) is 17.2 Å². The van der Waals surface area contributed by atoms with Crippen LogP contribution < -0.4 is 9.47 Å². The molecule has 5 nitrogen and oxygen atoms in total. The van der Waals surface area contributed by atoms with Gasteiger partial charge in [0.25, 0.3) is 0 Å². The largest absolute Gasteiger partial charge is 0.493 e. The standard InChI is InChI=1S/C20H30N2O3/c1-20(25-5)7-10-22(20)9-6-8-21(2)14-16-11-15-12-18(23-3)19(24-4)13-17(15)16/h7,10,12-13,16H,6,8-9,11,14H2,1-5H3/t16-,20?/m1/s1. The minimum atomic E-state index is -0.207. The fourth-order valence-electron chi connectivity index (χ4n) is 3.75. The Balaban J connectivity index is 1.47. The Morgan fingerprint density at radius 2 is 1.92 bits per heavy atom. The van der Waals surface area contributed by atoms with Crippen LogP contribution in [0.4, 0.5) is 0 Å². The van der Waals surface area contributed by atoms with Gasteiger partial charge in [-0.1, -0.05) is 0 Å². The first-order valence-electron chi connectivity index (χ1n) is 8.95. The van der Waals surface area contributed by atoms with Crippen LogP contribution in [0.5, 0.6) is 11.5 Å². The van der Waals surface area contributed by atoms with Crippen molar-refractivity contribution in [1.82, 2.24) is 9.80 Å². The van der Waals surface area contributed by atoms with Crippen molar-refractivity contribution in [3.8, 4) is 11.5 Å². The van der Waals surface area contributed by atoms with Crippen LogP contribution in [0.3, 0.4) is 0 Å². The zero-order chi connectivity index (χ0) is 18.0. The smallest absolute Gasteiger partial charge is 0.161 e. The second-order valence-corrected chi connectivity index (χ2v) is 7.19. The Morgan fingerprint density at radius 3 is 2.52 bits per heavy atom. The molecule has 0 fully saturated rings. The van der Waals surface area contributed by atoms with E-state index >= 15 is 0 Å². The summed E-state index contributed by atoms with van der Waals surface area (Å²) in [7, 11) is 7.36. The van der Waals surface area contributed by atoms with Crippen molar-refractivity contribution >= 4 is 0 Å². The van der Waals surface area contributed by atoms with Gasteiger partial charge in [-0.25, -0.2) is 0 Å². The molecule has 0 N–H and O–H groups in total. The molecule has 0 spiro atoms. The van der Waals surface area contributed by atoms with Gasteiger partial charge in [-0.15, -0.1) is 0 Å². The van der Waals surface area contributed by atoms with Crippen molar-refractivity contribution in [2.24, 2.45) is 0 Å². The van der Waals surface area contributed by atoms with Crippen LogP contribution in [0.15, 0.2) is 24.4 Å². The molecule has 0 radical (unpaired) electrons. The summed E-state index contributed by atoms with van der Waals surface area (Å²) in [6, 6.07) is 4.26. The van der Waals surface area contributed by atoms with Gasteiger partial charge in [0, 0.05) is 32.3 Å². The van der Waals surface area contributed by atoms with Crippen molar-refractivity contribution in [2.75, 3.05) is 48.0 Å². The summed E-state index contributed by atoms with van der Waals surface area (Å²) < 4.78 is 16.3. The van der Waals surface area contributed by atoms with E-state index in [0.717, 1.165) is 44.0 Å². The molecule has 1 heterocycles. The van der Waals surface area contributed by atoms with E-state index < -0.39 is 0 Å². The Bertz CT molecular complexity index is 646. The predicted octanol–water partition coefficient (Wildman–Crippen LogP) is 2.86. The number of benzene rings is 1. The van der Waals surface area contributed by atoms with E-state index in [1.54, 1.807) is 21.3 Å². The molecule has 2 aliphatic rings. The summed E-state index contributed by atoms with van der Waals surface area (Å²) >= 11 is 0. The quantitative estimate of drug-likeness (QED) is 0.687. The SMILES string of the molecule is COc1cc2c(cc1OC)[C@@H](CN(C)CCCN1C=CC1(C)OC)C2. The first-order chi connectivity index (χ1) is 12.0. The lowest BCUT2D eigenvalue weighted by molar-refractivity contribution is -0.0850. The molecule has 1 aliphatic carbocycles. The summed E-state index contributed by atoms with van der Waals surface area (Å²) in [5, 5.41) is 0. The summed E-state index contributed by atoms with van der Waals surface area (Å²) in [5.41, 5.74) is 2.58. The van der Waals surface area contributed by atoms with E-state index in [0.29, 0.717) is 5.92 Å². The molecule has 1 aliphatic heterocycles. The molecule has 1 unspecified atom stereocenters. The van der Waals surface area contributed by atoms with Crippen molar-refractivity contribution < 1.29 is 14.2 Å². The second-order valence-electron chi connectivity index (χ2n) is 7.19. The third kappa shape index (κ3) is 3.48. The predicted molar refractivity (Wildman–Crippen MR) is 99.4 cm³/mol. The van der Waals surface area contributed by atoms with Crippen molar-refractivity contribution in [1.29, 1.82) is 0 Å². The van der Waals surface area contributed by atoms with E-state index in [1.165, 1.54) is 11.1 Å². The molecular formula is C20H30N2O3. The molecule has 0 bridgehead atoms. The van der Waals surface area contributed by atoms with E-state index in [-0.39, 0.29) is 5.72 Å². The maximum Gasteiger partial charge on any atom is 0.161 e. The van der Waals surface area contributed by atoms with Gasteiger partial charge in [0.05, 0.1) is 14.2 Å². The summed E-state index contributed by atoms with van der Waals surface area (Å²) in [6.07, 6.45) is 6.47. The van der Waals surface area contributed by atoms with Gasteiger partial charge in [-0.05, 0) is 62.7 Å². The van der Waals surface area contributed by atoms with Crippen LogP contribution in [0.1, 0.15) is 30.4 Å². The molecule has 138 valence electrons. The summed E-state index contributed by atoms with van der Waals surface area (Å²) in [6.45, 7) is 5.30. The lowest BCUT2D eigenvalue weighted by Gasteiger charge is -2.44. The lowest BCUT2D eigenvalue weighted by Crippen LogP contribution is -2.50. The lowest BCUT2D eigenvalue weighted by atomic mass is 9.77. The summed E-state index contributed by atoms with van der Waals surface area (Å²) in [4.78, 5) is 4.69. The second kappa shape index (κ2) is 7.26. The van der Waals surface area contributed by atoms with E-state index in [2.05, 4.69) is 48.2 Å². The van der Waals surface area contributed by atoms with E-state index in [1.807, 2.05) is 0 Å². The number of hydrogen-bond donors (Lipinski definition) is 0. The number of rotatable bonds is 9. The monoisotopic (exact) mass is 346 g/mol. The molecule has 0 saturated heterocycles. The highest BCUT2D eigenvalue weighted by Crippen LogP contribution is 2.42. The highest BCUT2D eigenvalue weighted by Gasteiger charge is 2.33. The average molecular weight is 346 g/mol. The molecule has 1 aromatic carbocycles. The number of methoxy groups -OCH3 is 3. The van der Waals surface area contributed by atoms with Crippen LogP contribution >= 0.6 is 0 Å². The zero-order valence-corrected chi connectivity index (χ0v) is 16.0. The molecule has 2 atom stereocenters. The van der Waals surface area contributed by atoms with Gasteiger partial charge in [0.1, 0.15) is 0 Å². The number of ether oxygens (including phenoxy) is 3. The fraction of sp³-hybridized carbons (Fsp3) is 0.600. The molecule has 3 rings (SSSR count). The molecule has 1 aromatic rings. The van der Waals surface area contributed by atoms with Crippen LogP contribution in [0.2, 0.25) is 0 Å². The Morgan fingerprint density at radius 1 is 1.20 bits per heavy atom. The first kappa shape index (κ1) is 18.1. The van der Waals surface area contributed by atoms with Crippen LogP contribution in [0, 0.1) is 0 Å². The van der Waals surface area contributed by atoms with E-state index in [4.69, 9.17) is 14.2 Å².